The Hall–Kier alpha value is -1.97. The van der Waals surface area contributed by atoms with Gasteiger partial charge >= 0.3 is 6.18 Å². The van der Waals surface area contributed by atoms with E-state index < -0.39 is 17.6 Å². The molecule has 4 rings (SSSR count). The molecule has 9 heteroatoms. The van der Waals surface area contributed by atoms with E-state index in [1.807, 2.05) is 0 Å². The van der Waals surface area contributed by atoms with Crippen LogP contribution < -0.4 is 0 Å². The maximum Gasteiger partial charge on any atom is 0.416 e. The third kappa shape index (κ3) is 6.86. The van der Waals surface area contributed by atoms with Gasteiger partial charge in [-0.25, -0.2) is 4.39 Å². The first-order valence-electron chi connectivity index (χ1n) is 12.5. The number of carbonyl (C=O) groups excluding carboxylic acids is 1. The lowest BCUT2D eigenvalue weighted by Gasteiger charge is -2.47. The van der Waals surface area contributed by atoms with Gasteiger partial charge in [0.25, 0.3) is 5.91 Å². The first-order chi connectivity index (χ1) is 17.1. The van der Waals surface area contributed by atoms with Crippen LogP contribution in [0.1, 0.15) is 53.1 Å². The molecule has 2 aromatic rings. The zero-order chi connectivity index (χ0) is 25.9. The fraction of sp³-hybridized carbons (Fsp3) is 0.519. The molecule has 2 fully saturated rings. The van der Waals surface area contributed by atoms with Crippen LogP contribution in [0, 0.1) is 5.82 Å². The van der Waals surface area contributed by atoms with E-state index in [-0.39, 0.29) is 21.8 Å². The Bertz CT molecular complexity index is 1030. The molecule has 2 heterocycles. The van der Waals surface area contributed by atoms with Gasteiger partial charge in [-0.15, -0.1) is 0 Å². The highest BCUT2D eigenvalue weighted by molar-refractivity contribution is 9.10. The molecule has 2 aliphatic rings. The average Bonchev–Trinajstić information content (AvgIpc) is 2.82. The molecule has 0 aromatic heterocycles. The van der Waals surface area contributed by atoms with Crippen molar-refractivity contribution in [1.82, 2.24) is 14.7 Å². The molecule has 0 spiro atoms. The Balaban J connectivity index is 1.41. The molecule has 196 valence electrons. The summed E-state index contributed by atoms with van der Waals surface area (Å²) in [6.45, 7) is 5.59. The zero-order valence-corrected chi connectivity index (χ0v) is 22.0. The lowest BCUT2D eigenvalue weighted by Crippen LogP contribution is -2.60. The minimum absolute atomic E-state index is 0.0239. The van der Waals surface area contributed by atoms with Gasteiger partial charge in [0, 0.05) is 48.7 Å². The number of piperidine rings is 1. The van der Waals surface area contributed by atoms with Crippen molar-refractivity contribution in [2.24, 2.45) is 0 Å². The van der Waals surface area contributed by atoms with Gasteiger partial charge in [0.15, 0.2) is 0 Å². The number of likely N-dealkylation sites (N-methyl/N-ethyl adjacent to an activating group) is 1. The number of halogens is 5. The Morgan fingerprint density at radius 2 is 1.75 bits per heavy atom. The highest BCUT2D eigenvalue weighted by Crippen LogP contribution is 2.33. The molecule has 4 nitrogen and oxygen atoms in total. The van der Waals surface area contributed by atoms with Gasteiger partial charge in [-0.05, 0) is 74.8 Å². The van der Waals surface area contributed by atoms with Crippen molar-refractivity contribution >= 4 is 21.8 Å². The third-order valence-electron chi connectivity index (χ3n) is 7.29. The van der Waals surface area contributed by atoms with Gasteiger partial charge in [-0.1, -0.05) is 34.5 Å². The number of carbonyl (C=O) groups is 1. The molecule has 36 heavy (non-hydrogen) atoms. The van der Waals surface area contributed by atoms with Crippen molar-refractivity contribution in [3.05, 3.63) is 69.4 Å². The summed E-state index contributed by atoms with van der Waals surface area (Å²) in [6.07, 6.45) is 0.0768. The lowest BCUT2D eigenvalue weighted by atomic mass is 9.93. The van der Waals surface area contributed by atoms with Gasteiger partial charge < -0.3 is 9.80 Å². The molecule has 0 bridgehead atoms. The van der Waals surface area contributed by atoms with E-state index in [4.69, 9.17) is 0 Å². The standard InChI is InChI=1S/C27H32BrF4N3O/c1-33(26(36)21-13-22(27(30,31)32)15-23(28)14-21)16-20(19-5-7-24(29)8-6-19)9-12-34-17-25(18-34)35-10-3-2-4-11-35/h5-8,13-15,20,25H,2-4,9-12,16-18H2,1H3/t20-/m1/s1. The maximum absolute atomic E-state index is 13.6. The summed E-state index contributed by atoms with van der Waals surface area (Å²) in [7, 11) is 1.60. The second kappa shape index (κ2) is 11.6. The van der Waals surface area contributed by atoms with Gasteiger partial charge in [-0.2, -0.15) is 13.2 Å². The van der Waals surface area contributed by atoms with Crippen molar-refractivity contribution in [2.45, 2.75) is 43.8 Å². The van der Waals surface area contributed by atoms with Crippen LogP contribution in [0.3, 0.4) is 0 Å². The van der Waals surface area contributed by atoms with Crippen LogP contribution in [-0.4, -0.2) is 73.0 Å². The van der Waals surface area contributed by atoms with Gasteiger partial charge in [-0.3, -0.25) is 9.69 Å². The quantitative estimate of drug-likeness (QED) is 0.363. The van der Waals surface area contributed by atoms with Crippen LogP contribution in [0.15, 0.2) is 46.9 Å². The smallest absolute Gasteiger partial charge is 0.341 e. The van der Waals surface area contributed by atoms with Crippen molar-refractivity contribution in [1.29, 1.82) is 0 Å². The van der Waals surface area contributed by atoms with E-state index in [1.165, 1.54) is 55.5 Å². The van der Waals surface area contributed by atoms with E-state index in [0.717, 1.165) is 43.8 Å². The normalized spacial score (nSPS) is 18.6. The molecule has 0 radical (unpaired) electrons. The first kappa shape index (κ1) is 27.1. The molecule has 2 aromatic carbocycles. The summed E-state index contributed by atoms with van der Waals surface area (Å²) in [6, 6.07) is 10.1. The van der Waals surface area contributed by atoms with E-state index in [0.29, 0.717) is 12.6 Å². The molecule has 2 aliphatic heterocycles. The Morgan fingerprint density at radius 3 is 2.39 bits per heavy atom. The second-order valence-corrected chi connectivity index (χ2v) is 10.9. The Morgan fingerprint density at radius 1 is 1.08 bits per heavy atom. The van der Waals surface area contributed by atoms with Gasteiger partial charge in [0.2, 0.25) is 0 Å². The highest BCUT2D eigenvalue weighted by Gasteiger charge is 2.34. The second-order valence-electron chi connectivity index (χ2n) is 9.96. The van der Waals surface area contributed by atoms with Crippen LogP contribution in [-0.2, 0) is 6.18 Å². The first-order valence-corrected chi connectivity index (χ1v) is 13.2. The number of likely N-dealkylation sites (tertiary alicyclic amines) is 2. The summed E-state index contributed by atoms with van der Waals surface area (Å²) >= 11 is 3.09. The molecule has 0 aliphatic carbocycles. The van der Waals surface area contributed by atoms with Gasteiger partial charge in [0.05, 0.1) is 5.56 Å². The number of alkyl halides is 3. The summed E-state index contributed by atoms with van der Waals surface area (Å²) in [4.78, 5) is 19.5. The summed E-state index contributed by atoms with van der Waals surface area (Å²) < 4.78 is 53.5. The topological polar surface area (TPSA) is 26.8 Å². The number of rotatable bonds is 8. The predicted octanol–water partition coefficient (Wildman–Crippen LogP) is 6.02. The molecule has 1 atom stereocenters. The van der Waals surface area contributed by atoms with E-state index in [9.17, 15) is 22.4 Å². The van der Waals surface area contributed by atoms with Crippen molar-refractivity contribution < 1.29 is 22.4 Å². The third-order valence-corrected chi connectivity index (χ3v) is 7.75. The van der Waals surface area contributed by atoms with Crippen molar-refractivity contribution in [3.8, 4) is 0 Å². The van der Waals surface area contributed by atoms with Crippen LogP contribution in [0.4, 0.5) is 17.6 Å². The van der Waals surface area contributed by atoms with E-state index in [1.54, 1.807) is 19.2 Å². The van der Waals surface area contributed by atoms with Crippen molar-refractivity contribution in [2.75, 3.05) is 46.3 Å². The fourth-order valence-electron chi connectivity index (χ4n) is 5.19. The average molecular weight is 570 g/mol. The van der Waals surface area contributed by atoms with Crippen molar-refractivity contribution in [3.63, 3.8) is 0 Å². The lowest BCUT2D eigenvalue weighted by molar-refractivity contribution is -0.137. The fourth-order valence-corrected chi connectivity index (χ4v) is 5.68. The maximum atomic E-state index is 13.6. The minimum Gasteiger partial charge on any atom is -0.341 e. The summed E-state index contributed by atoms with van der Waals surface area (Å²) in [5.74, 6) is -0.881. The molecule has 1 amide bonds. The summed E-state index contributed by atoms with van der Waals surface area (Å²) in [5, 5.41) is 0. The SMILES string of the molecule is CN(C[C@@H](CCN1CC(N2CCCCC2)C1)c1ccc(F)cc1)C(=O)c1cc(Br)cc(C(F)(F)F)c1. The number of nitrogens with zero attached hydrogens (tertiary/aromatic N) is 3. The Kier molecular flexibility index (Phi) is 8.73. The number of hydrogen-bond acceptors (Lipinski definition) is 3. The minimum atomic E-state index is -4.54. The summed E-state index contributed by atoms with van der Waals surface area (Å²) in [5.41, 5.74) is 0.0169. The molecular weight excluding hydrogens is 538 g/mol. The number of hydrogen-bond donors (Lipinski definition) is 0. The monoisotopic (exact) mass is 569 g/mol. The zero-order valence-electron chi connectivity index (χ0n) is 20.4. The van der Waals surface area contributed by atoms with Gasteiger partial charge in [0.1, 0.15) is 5.82 Å². The van der Waals surface area contributed by atoms with Crippen LogP contribution in [0.2, 0.25) is 0 Å². The Labute approximate surface area is 218 Å². The van der Waals surface area contributed by atoms with E-state index >= 15 is 0 Å². The molecule has 0 saturated carbocycles. The van der Waals surface area contributed by atoms with Crippen LogP contribution >= 0.6 is 15.9 Å². The van der Waals surface area contributed by atoms with Crippen LogP contribution in [0.5, 0.6) is 0 Å². The molecular formula is C27H32BrF4N3O. The molecule has 2 saturated heterocycles. The molecule has 0 N–H and O–H groups in total. The number of benzene rings is 2. The molecule has 0 unspecified atom stereocenters. The van der Waals surface area contributed by atoms with Crippen LogP contribution in [0.25, 0.3) is 0 Å². The largest absolute Gasteiger partial charge is 0.416 e. The highest BCUT2D eigenvalue weighted by atomic mass is 79.9. The predicted molar refractivity (Wildman–Crippen MR) is 136 cm³/mol. The number of amides is 1. The van der Waals surface area contributed by atoms with E-state index in [2.05, 4.69) is 25.7 Å².